The van der Waals surface area contributed by atoms with E-state index in [1.165, 1.54) is 0 Å². The number of aliphatic carboxylic acids is 1. The molecule has 0 amide bonds. The van der Waals surface area contributed by atoms with Crippen LogP contribution in [-0.4, -0.2) is 21.8 Å². The van der Waals surface area contributed by atoms with E-state index in [2.05, 4.69) is 10.3 Å². The van der Waals surface area contributed by atoms with Gasteiger partial charge in [-0.3, -0.25) is 9.78 Å². The molecule has 2 heterocycles. The van der Waals surface area contributed by atoms with E-state index in [1.807, 2.05) is 6.07 Å². The molecule has 2 N–H and O–H groups in total. The molecule has 1 aliphatic heterocycles. The van der Waals surface area contributed by atoms with Crippen molar-refractivity contribution in [2.45, 2.75) is 32.1 Å². The maximum atomic E-state index is 12.4. The third kappa shape index (κ3) is 2.24. The van der Waals surface area contributed by atoms with Gasteiger partial charge in [-0.15, -0.1) is 0 Å². The van der Waals surface area contributed by atoms with Crippen LogP contribution in [0.5, 0.6) is 0 Å². The van der Waals surface area contributed by atoms with Crippen LogP contribution in [0.15, 0.2) is 47.1 Å². The van der Waals surface area contributed by atoms with Gasteiger partial charge in [-0.1, -0.05) is 6.07 Å². The molecule has 1 atom stereocenters. The van der Waals surface area contributed by atoms with Gasteiger partial charge in [0.25, 0.3) is 0 Å². The molecule has 0 saturated carbocycles. The Balaban J connectivity index is 2.20. The molecule has 1 aromatic heterocycles. The van der Waals surface area contributed by atoms with E-state index in [0.717, 1.165) is 24.1 Å². The highest BCUT2D eigenvalue weighted by atomic mass is 16.4. The van der Waals surface area contributed by atoms with Crippen LogP contribution in [0.1, 0.15) is 37.7 Å². The minimum Gasteiger partial charge on any atom is -0.478 e. The molecule has 0 aromatic carbocycles. The van der Waals surface area contributed by atoms with Crippen molar-refractivity contribution in [3.63, 3.8) is 0 Å². The van der Waals surface area contributed by atoms with Crippen LogP contribution in [0.25, 0.3) is 0 Å². The van der Waals surface area contributed by atoms with Gasteiger partial charge in [-0.25, -0.2) is 4.79 Å². The van der Waals surface area contributed by atoms with Crippen LogP contribution in [-0.2, 0) is 9.59 Å². The zero-order chi connectivity index (χ0) is 15.0. The summed E-state index contributed by atoms with van der Waals surface area (Å²) < 4.78 is 0. The summed E-state index contributed by atoms with van der Waals surface area (Å²) in [7, 11) is 0. The Kier molecular flexibility index (Phi) is 3.33. The van der Waals surface area contributed by atoms with Crippen molar-refractivity contribution >= 4 is 11.8 Å². The molecule has 0 spiro atoms. The molecule has 3 rings (SSSR count). The normalized spacial score (nSPS) is 22.0. The number of Topliss-reactive ketones (excluding diaryl/α,β-unsaturated/α-hetero) is 1. The topological polar surface area (TPSA) is 79.3 Å². The number of aromatic nitrogens is 1. The standard InChI is InChI=1S/C16H16N2O3/c1-9-13(16(20)21)14(10-4-3-7-17-8-10)15-11(18-9)5-2-6-12(15)19/h3-4,7-8,14,18H,2,5-6H2,1H3,(H,20,21). The SMILES string of the molecule is CC1=C(C(=O)O)C(c2cccnc2)C2=C(CCCC2=O)N1. The Morgan fingerprint density at radius 3 is 2.90 bits per heavy atom. The second-order valence-electron chi connectivity index (χ2n) is 5.36. The third-order valence-corrected chi connectivity index (χ3v) is 4.02. The van der Waals surface area contributed by atoms with E-state index in [0.29, 0.717) is 17.7 Å². The van der Waals surface area contributed by atoms with Crippen molar-refractivity contribution in [3.8, 4) is 0 Å². The Hall–Kier alpha value is -2.43. The molecule has 0 fully saturated rings. The van der Waals surface area contributed by atoms with E-state index in [9.17, 15) is 14.7 Å². The van der Waals surface area contributed by atoms with Crippen LogP contribution in [0.3, 0.4) is 0 Å². The molecule has 1 aliphatic carbocycles. The van der Waals surface area contributed by atoms with Crippen LogP contribution >= 0.6 is 0 Å². The zero-order valence-electron chi connectivity index (χ0n) is 11.7. The number of rotatable bonds is 2. The number of allylic oxidation sites excluding steroid dienone is 3. The van der Waals surface area contributed by atoms with Crippen LogP contribution in [0, 0.1) is 0 Å². The first-order valence-electron chi connectivity index (χ1n) is 6.97. The van der Waals surface area contributed by atoms with Crippen molar-refractivity contribution in [2.24, 2.45) is 0 Å². The predicted octanol–water partition coefficient (Wildman–Crippen LogP) is 2.13. The number of nitrogens with one attached hydrogen (secondary N) is 1. The molecule has 21 heavy (non-hydrogen) atoms. The lowest BCUT2D eigenvalue weighted by atomic mass is 9.76. The highest BCUT2D eigenvalue weighted by Gasteiger charge is 2.38. The number of hydrogen-bond donors (Lipinski definition) is 2. The lowest BCUT2D eigenvalue weighted by Crippen LogP contribution is -2.33. The van der Waals surface area contributed by atoms with Gasteiger partial charge in [0.2, 0.25) is 0 Å². The Morgan fingerprint density at radius 1 is 1.43 bits per heavy atom. The average Bonchev–Trinajstić information content (AvgIpc) is 2.46. The Labute approximate surface area is 122 Å². The highest BCUT2D eigenvalue weighted by molar-refractivity contribution is 6.03. The van der Waals surface area contributed by atoms with Crippen LogP contribution in [0.2, 0.25) is 0 Å². The van der Waals surface area contributed by atoms with E-state index < -0.39 is 11.9 Å². The van der Waals surface area contributed by atoms with Crippen molar-refractivity contribution in [1.82, 2.24) is 10.3 Å². The number of dihydropyridines is 1. The molecule has 108 valence electrons. The molecule has 5 nitrogen and oxygen atoms in total. The summed E-state index contributed by atoms with van der Waals surface area (Å²) in [5, 5.41) is 12.7. The summed E-state index contributed by atoms with van der Waals surface area (Å²) in [5.74, 6) is -1.50. The molecule has 0 bridgehead atoms. The smallest absolute Gasteiger partial charge is 0.334 e. The number of pyridine rings is 1. The van der Waals surface area contributed by atoms with Gasteiger partial charge in [0.15, 0.2) is 5.78 Å². The van der Waals surface area contributed by atoms with Crippen LogP contribution < -0.4 is 5.32 Å². The summed E-state index contributed by atoms with van der Waals surface area (Å²) in [6.07, 6.45) is 5.34. The predicted molar refractivity (Wildman–Crippen MR) is 76.3 cm³/mol. The first kappa shape index (κ1) is 13.5. The first-order valence-corrected chi connectivity index (χ1v) is 6.97. The van der Waals surface area contributed by atoms with Crippen molar-refractivity contribution < 1.29 is 14.7 Å². The molecule has 5 heteroatoms. The molecule has 1 unspecified atom stereocenters. The summed E-state index contributed by atoms with van der Waals surface area (Å²) in [5.41, 5.74) is 3.04. The van der Waals surface area contributed by atoms with Gasteiger partial charge in [0, 0.05) is 41.7 Å². The fraction of sp³-hybridized carbons (Fsp3) is 0.312. The lowest BCUT2D eigenvalue weighted by Gasteiger charge is -2.33. The van der Waals surface area contributed by atoms with Gasteiger partial charge >= 0.3 is 5.97 Å². The van der Waals surface area contributed by atoms with Gasteiger partial charge in [0.05, 0.1) is 5.57 Å². The van der Waals surface area contributed by atoms with E-state index >= 15 is 0 Å². The van der Waals surface area contributed by atoms with Gasteiger partial charge < -0.3 is 10.4 Å². The number of ketones is 1. The zero-order valence-corrected chi connectivity index (χ0v) is 11.7. The minimum absolute atomic E-state index is 0.0313. The fourth-order valence-corrected chi connectivity index (χ4v) is 3.15. The maximum Gasteiger partial charge on any atom is 0.334 e. The summed E-state index contributed by atoms with van der Waals surface area (Å²) in [4.78, 5) is 28.1. The fourth-order valence-electron chi connectivity index (χ4n) is 3.15. The Bertz CT molecular complexity index is 674. The second-order valence-corrected chi connectivity index (χ2v) is 5.36. The number of carboxylic acids is 1. The number of nitrogens with zero attached hydrogens (tertiary/aromatic N) is 1. The van der Waals surface area contributed by atoms with Crippen molar-refractivity contribution in [2.75, 3.05) is 0 Å². The molecular weight excluding hydrogens is 268 g/mol. The van der Waals surface area contributed by atoms with E-state index in [4.69, 9.17) is 0 Å². The van der Waals surface area contributed by atoms with Gasteiger partial charge in [-0.05, 0) is 31.4 Å². The van der Waals surface area contributed by atoms with Gasteiger partial charge in [-0.2, -0.15) is 0 Å². The number of carboxylic acid groups (broad SMARTS) is 1. The molecule has 0 saturated heterocycles. The third-order valence-electron chi connectivity index (χ3n) is 4.02. The maximum absolute atomic E-state index is 12.4. The number of carbonyl (C=O) groups is 2. The van der Waals surface area contributed by atoms with Crippen LogP contribution in [0.4, 0.5) is 0 Å². The van der Waals surface area contributed by atoms with E-state index in [-0.39, 0.29) is 11.4 Å². The quantitative estimate of drug-likeness (QED) is 0.869. The summed E-state index contributed by atoms with van der Waals surface area (Å²) in [6, 6.07) is 3.59. The molecule has 1 aromatic rings. The monoisotopic (exact) mass is 284 g/mol. The number of carbonyl (C=O) groups excluding carboxylic acids is 1. The molecule has 2 aliphatic rings. The first-order chi connectivity index (χ1) is 10.1. The average molecular weight is 284 g/mol. The van der Waals surface area contributed by atoms with Gasteiger partial charge in [0.1, 0.15) is 0 Å². The highest BCUT2D eigenvalue weighted by Crippen LogP contribution is 2.41. The molecular formula is C16H16N2O3. The lowest BCUT2D eigenvalue weighted by molar-refractivity contribution is -0.133. The molecule has 0 radical (unpaired) electrons. The number of hydrogen-bond acceptors (Lipinski definition) is 4. The summed E-state index contributed by atoms with van der Waals surface area (Å²) >= 11 is 0. The largest absolute Gasteiger partial charge is 0.478 e. The summed E-state index contributed by atoms with van der Waals surface area (Å²) in [6.45, 7) is 1.75. The second kappa shape index (κ2) is 5.16. The van der Waals surface area contributed by atoms with E-state index in [1.54, 1.807) is 25.4 Å². The minimum atomic E-state index is -1.00. The van der Waals surface area contributed by atoms with Crippen molar-refractivity contribution in [3.05, 3.63) is 52.6 Å². The Morgan fingerprint density at radius 2 is 2.24 bits per heavy atom. The van der Waals surface area contributed by atoms with Crippen molar-refractivity contribution in [1.29, 1.82) is 0 Å².